The molecule has 3 aromatic rings. The molecule has 29 heavy (non-hydrogen) atoms. The van der Waals surface area contributed by atoms with Crippen molar-refractivity contribution in [2.24, 2.45) is 0 Å². The minimum Gasteiger partial charge on any atom is -0.481 e. The van der Waals surface area contributed by atoms with Crippen molar-refractivity contribution in [2.45, 2.75) is 44.6 Å². The van der Waals surface area contributed by atoms with Crippen LogP contribution in [-0.2, 0) is 17.6 Å². The van der Waals surface area contributed by atoms with Crippen LogP contribution in [0.25, 0.3) is 11.0 Å². The molecule has 0 saturated heterocycles. The largest absolute Gasteiger partial charge is 0.481 e. The topological polar surface area (TPSA) is 88.4 Å². The fourth-order valence-electron chi connectivity index (χ4n) is 4.05. The van der Waals surface area contributed by atoms with Gasteiger partial charge in [-0.1, -0.05) is 0 Å². The number of hydrogen-bond acceptors (Lipinski definition) is 5. The van der Waals surface area contributed by atoms with E-state index >= 15 is 0 Å². The van der Waals surface area contributed by atoms with Crippen molar-refractivity contribution < 1.29 is 13.9 Å². The molecule has 1 aromatic carbocycles. The van der Waals surface area contributed by atoms with E-state index in [9.17, 15) is 9.59 Å². The predicted molar refractivity (Wildman–Crippen MR) is 107 cm³/mol. The molecule has 1 aliphatic heterocycles. The number of aromatic amines is 1. The van der Waals surface area contributed by atoms with Crippen molar-refractivity contribution in [2.75, 3.05) is 13.1 Å². The summed E-state index contributed by atoms with van der Waals surface area (Å²) in [6.45, 7) is 3.08. The van der Waals surface area contributed by atoms with E-state index in [0.29, 0.717) is 30.3 Å². The van der Waals surface area contributed by atoms with Crippen LogP contribution in [0.15, 0.2) is 39.5 Å². The van der Waals surface area contributed by atoms with Crippen LogP contribution in [0.4, 0.5) is 0 Å². The SMILES string of the molecule is CC(Oc1ccc2ccc(=O)oc2c1)C(=O)N1CCc2[nH]nc(C3CC3)c2CC1. The normalized spacial score (nSPS) is 17.6. The van der Waals surface area contributed by atoms with Gasteiger partial charge in [-0.05, 0) is 49.9 Å². The molecule has 7 nitrogen and oxygen atoms in total. The third kappa shape index (κ3) is 3.52. The van der Waals surface area contributed by atoms with Gasteiger partial charge in [-0.15, -0.1) is 0 Å². The Kier molecular flexibility index (Phi) is 4.38. The van der Waals surface area contributed by atoms with Crippen LogP contribution in [0.5, 0.6) is 5.75 Å². The Bertz CT molecular complexity index is 1130. The summed E-state index contributed by atoms with van der Waals surface area (Å²) < 4.78 is 11.1. The third-order valence-electron chi connectivity index (χ3n) is 5.78. The number of nitrogens with zero attached hydrogens (tertiary/aromatic N) is 2. The molecule has 1 atom stereocenters. The van der Waals surface area contributed by atoms with Gasteiger partial charge in [-0.3, -0.25) is 9.89 Å². The van der Waals surface area contributed by atoms with Gasteiger partial charge in [0.1, 0.15) is 11.3 Å². The highest BCUT2D eigenvalue weighted by molar-refractivity contribution is 5.81. The lowest BCUT2D eigenvalue weighted by Gasteiger charge is -2.24. The van der Waals surface area contributed by atoms with E-state index in [2.05, 4.69) is 10.2 Å². The summed E-state index contributed by atoms with van der Waals surface area (Å²) in [4.78, 5) is 26.3. The van der Waals surface area contributed by atoms with Gasteiger partial charge in [0.05, 0.1) is 5.69 Å². The molecule has 1 N–H and O–H groups in total. The Morgan fingerprint density at radius 2 is 2.03 bits per heavy atom. The molecule has 5 rings (SSSR count). The van der Waals surface area contributed by atoms with Crippen molar-refractivity contribution in [3.05, 3.63) is 57.7 Å². The number of carbonyl (C=O) groups excluding carboxylic acids is 1. The zero-order valence-electron chi connectivity index (χ0n) is 16.3. The van der Waals surface area contributed by atoms with Crippen LogP contribution in [0.3, 0.4) is 0 Å². The van der Waals surface area contributed by atoms with Crippen LogP contribution < -0.4 is 10.4 Å². The maximum absolute atomic E-state index is 13.0. The maximum atomic E-state index is 13.0. The molecular weight excluding hydrogens is 370 g/mol. The molecule has 150 valence electrons. The van der Waals surface area contributed by atoms with E-state index in [1.54, 1.807) is 25.1 Å². The molecule has 1 aliphatic carbocycles. The van der Waals surface area contributed by atoms with E-state index in [-0.39, 0.29) is 5.91 Å². The number of benzene rings is 1. The standard InChI is InChI=1S/C22H23N3O4/c1-13(28-16-6-4-14-5-7-20(26)29-19(14)12-16)22(27)25-10-8-17-18(9-11-25)23-24-21(17)15-2-3-15/h4-7,12-13,15H,2-3,8-11H2,1H3,(H,23,24). The van der Waals surface area contributed by atoms with Gasteiger partial charge in [-0.25, -0.2) is 4.79 Å². The van der Waals surface area contributed by atoms with Crippen LogP contribution in [0, 0.1) is 0 Å². The lowest BCUT2D eigenvalue weighted by atomic mass is 10.1. The summed E-state index contributed by atoms with van der Waals surface area (Å²) in [6, 6.07) is 8.34. The fourth-order valence-corrected chi connectivity index (χ4v) is 4.05. The van der Waals surface area contributed by atoms with Crippen molar-refractivity contribution in [1.82, 2.24) is 15.1 Å². The lowest BCUT2D eigenvalue weighted by Crippen LogP contribution is -2.41. The highest BCUT2D eigenvalue weighted by atomic mass is 16.5. The number of amides is 1. The molecule has 0 bridgehead atoms. The first kappa shape index (κ1) is 18.0. The Balaban J connectivity index is 1.27. The van der Waals surface area contributed by atoms with E-state index in [1.165, 1.54) is 35.9 Å². The second-order valence-corrected chi connectivity index (χ2v) is 7.88. The van der Waals surface area contributed by atoms with Crippen LogP contribution in [0.1, 0.15) is 42.6 Å². The molecule has 1 saturated carbocycles. The van der Waals surface area contributed by atoms with Gasteiger partial charge >= 0.3 is 5.63 Å². The van der Waals surface area contributed by atoms with Crippen molar-refractivity contribution >= 4 is 16.9 Å². The molecular formula is C22H23N3O4. The Morgan fingerprint density at radius 1 is 1.24 bits per heavy atom. The van der Waals surface area contributed by atoms with Gasteiger partial charge < -0.3 is 14.1 Å². The minimum absolute atomic E-state index is 0.0364. The molecule has 1 fully saturated rings. The number of aromatic nitrogens is 2. The molecule has 3 heterocycles. The molecule has 0 spiro atoms. The Hall–Kier alpha value is -3.09. The number of hydrogen-bond donors (Lipinski definition) is 1. The minimum atomic E-state index is -0.625. The summed E-state index contributed by atoms with van der Waals surface area (Å²) in [5.41, 5.74) is 3.71. The summed E-state index contributed by atoms with van der Waals surface area (Å²) >= 11 is 0. The van der Waals surface area contributed by atoms with Crippen LogP contribution >= 0.6 is 0 Å². The highest BCUT2D eigenvalue weighted by Gasteiger charge is 2.32. The first-order chi connectivity index (χ1) is 14.1. The van der Waals surface area contributed by atoms with E-state index in [0.717, 1.165) is 18.2 Å². The van der Waals surface area contributed by atoms with E-state index < -0.39 is 11.7 Å². The molecule has 2 aliphatic rings. The number of ether oxygens (including phenoxy) is 1. The highest BCUT2D eigenvalue weighted by Crippen LogP contribution is 2.41. The lowest BCUT2D eigenvalue weighted by molar-refractivity contribution is -0.137. The maximum Gasteiger partial charge on any atom is 0.336 e. The van der Waals surface area contributed by atoms with Gasteiger partial charge in [0.15, 0.2) is 6.10 Å². The molecule has 2 aromatic heterocycles. The van der Waals surface area contributed by atoms with Crippen molar-refractivity contribution in [3.8, 4) is 5.75 Å². The number of rotatable bonds is 4. The summed E-state index contributed by atoms with van der Waals surface area (Å²) in [5, 5.41) is 8.50. The van der Waals surface area contributed by atoms with Crippen LogP contribution in [-0.4, -0.2) is 40.2 Å². The summed E-state index contributed by atoms with van der Waals surface area (Å²) in [7, 11) is 0. The average molecular weight is 393 g/mol. The van der Waals surface area contributed by atoms with Gasteiger partial charge in [-0.2, -0.15) is 5.10 Å². The van der Waals surface area contributed by atoms with Crippen molar-refractivity contribution in [1.29, 1.82) is 0 Å². The van der Waals surface area contributed by atoms with E-state index in [4.69, 9.17) is 9.15 Å². The van der Waals surface area contributed by atoms with Gasteiger partial charge in [0, 0.05) is 48.6 Å². The zero-order valence-corrected chi connectivity index (χ0v) is 16.3. The number of fused-ring (bicyclic) bond motifs is 2. The summed E-state index contributed by atoms with van der Waals surface area (Å²) in [5.74, 6) is 1.08. The fraction of sp³-hybridized carbons (Fsp3) is 0.409. The second kappa shape index (κ2) is 7.06. The average Bonchev–Trinajstić information content (AvgIpc) is 3.51. The first-order valence-electron chi connectivity index (χ1n) is 10.1. The molecule has 7 heteroatoms. The number of carbonyl (C=O) groups is 1. The molecule has 1 amide bonds. The van der Waals surface area contributed by atoms with Crippen LogP contribution in [0.2, 0.25) is 0 Å². The molecule has 1 unspecified atom stereocenters. The smallest absolute Gasteiger partial charge is 0.336 e. The van der Waals surface area contributed by atoms with Gasteiger partial charge in [0.25, 0.3) is 5.91 Å². The Morgan fingerprint density at radius 3 is 2.86 bits per heavy atom. The summed E-state index contributed by atoms with van der Waals surface area (Å²) in [6.07, 6.45) is 3.43. The molecule has 0 radical (unpaired) electrons. The predicted octanol–water partition coefficient (Wildman–Crippen LogP) is 2.79. The number of H-pyrrole nitrogens is 1. The van der Waals surface area contributed by atoms with Crippen molar-refractivity contribution in [3.63, 3.8) is 0 Å². The first-order valence-corrected chi connectivity index (χ1v) is 10.1. The quantitative estimate of drug-likeness (QED) is 0.689. The Labute approximate surface area is 167 Å². The third-order valence-corrected chi connectivity index (χ3v) is 5.78. The monoisotopic (exact) mass is 393 g/mol. The number of nitrogens with one attached hydrogen (secondary N) is 1. The van der Waals surface area contributed by atoms with E-state index in [1.807, 2.05) is 11.0 Å². The second-order valence-electron chi connectivity index (χ2n) is 7.88. The zero-order chi connectivity index (χ0) is 20.0. The van der Waals surface area contributed by atoms with Gasteiger partial charge in [0.2, 0.25) is 0 Å².